The van der Waals surface area contributed by atoms with Crippen molar-refractivity contribution in [3.8, 4) is 0 Å². The third-order valence-corrected chi connectivity index (χ3v) is 4.70. The third-order valence-electron chi connectivity index (χ3n) is 3.89. The maximum atomic E-state index is 12.6. The number of carbonyl (C=O) groups is 1. The van der Waals surface area contributed by atoms with E-state index in [9.17, 15) is 4.79 Å². The van der Waals surface area contributed by atoms with Crippen LogP contribution in [0.2, 0.25) is 0 Å². The van der Waals surface area contributed by atoms with Gasteiger partial charge in [0.1, 0.15) is 6.33 Å². The molecule has 1 aliphatic heterocycles. The Hall–Kier alpha value is -1.82. The van der Waals surface area contributed by atoms with Gasteiger partial charge in [0.2, 0.25) is 0 Å². The number of aryl methyl sites for hydroxylation is 1. The molecule has 110 valence electrons. The lowest BCUT2D eigenvalue weighted by atomic mass is 9.94. The van der Waals surface area contributed by atoms with Crippen molar-refractivity contribution < 1.29 is 4.79 Å². The first-order valence-electron chi connectivity index (χ1n) is 7.18. The standard InChI is InChI=1S/C15H18N4OS/c1-11-13(8-16-10-18-11)15(20)19-5-2-3-12(9-19)7-14-17-4-6-21-14/h4,6,8,10,12H,2-3,5,7,9H2,1H3/t12-/m1/s1. The van der Waals surface area contributed by atoms with E-state index in [-0.39, 0.29) is 5.91 Å². The number of hydrogen-bond donors (Lipinski definition) is 0. The van der Waals surface area contributed by atoms with Gasteiger partial charge in [-0.2, -0.15) is 0 Å². The van der Waals surface area contributed by atoms with Crippen LogP contribution in [0.4, 0.5) is 0 Å². The normalized spacial score (nSPS) is 18.7. The summed E-state index contributed by atoms with van der Waals surface area (Å²) in [6, 6.07) is 0. The first-order valence-corrected chi connectivity index (χ1v) is 8.06. The highest BCUT2D eigenvalue weighted by molar-refractivity contribution is 7.09. The number of aromatic nitrogens is 3. The molecule has 1 saturated heterocycles. The molecule has 1 amide bonds. The Morgan fingerprint density at radius 1 is 1.48 bits per heavy atom. The monoisotopic (exact) mass is 302 g/mol. The van der Waals surface area contributed by atoms with Crippen molar-refractivity contribution in [3.05, 3.63) is 40.4 Å². The zero-order chi connectivity index (χ0) is 14.7. The van der Waals surface area contributed by atoms with Gasteiger partial charge in [-0.25, -0.2) is 15.0 Å². The van der Waals surface area contributed by atoms with Gasteiger partial charge in [-0.15, -0.1) is 11.3 Å². The van der Waals surface area contributed by atoms with Gasteiger partial charge in [0, 0.05) is 37.3 Å². The maximum absolute atomic E-state index is 12.6. The molecule has 2 aromatic rings. The first-order chi connectivity index (χ1) is 10.2. The molecule has 3 heterocycles. The largest absolute Gasteiger partial charge is 0.338 e. The average Bonchev–Trinajstić information content (AvgIpc) is 3.00. The van der Waals surface area contributed by atoms with E-state index in [2.05, 4.69) is 15.0 Å². The van der Waals surface area contributed by atoms with Crippen LogP contribution in [0, 0.1) is 12.8 Å². The Balaban J connectivity index is 1.68. The van der Waals surface area contributed by atoms with Gasteiger partial charge in [0.15, 0.2) is 0 Å². The smallest absolute Gasteiger partial charge is 0.257 e. The minimum atomic E-state index is 0.0527. The highest BCUT2D eigenvalue weighted by Crippen LogP contribution is 2.23. The van der Waals surface area contributed by atoms with Crippen LogP contribution < -0.4 is 0 Å². The minimum absolute atomic E-state index is 0.0527. The Bertz CT molecular complexity index is 614. The molecule has 21 heavy (non-hydrogen) atoms. The highest BCUT2D eigenvalue weighted by Gasteiger charge is 2.26. The van der Waals surface area contributed by atoms with Gasteiger partial charge in [-0.05, 0) is 25.7 Å². The van der Waals surface area contributed by atoms with Gasteiger partial charge in [0.05, 0.1) is 16.3 Å². The number of rotatable bonds is 3. The topological polar surface area (TPSA) is 59.0 Å². The number of hydrogen-bond acceptors (Lipinski definition) is 5. The Morgan fingerprint density at radius 3 is 3.14 bits per heavy atom. The van der Waals surface area contributed by atoms with Crippen molar-refractivity contribution in [1.29, 1.82) is 0 Å². The van der Waals surface area contributed by atoms with Gasteiger partial charge >= 0.3 is 0 Å². The van der Waals surface area contributed by atoms with Crippen molar-refractivity contribution in [2.75, 3.05) is 13.1 Å². The van der Waals surface area contributed by atoms with Crippen LogP contribution in [0.3, 0.4) is 0 Å². The van der Waals surface area contributed by atoms with Crippen LogP contribution in [0.5, 0.6) is 0 Å². The van der Waals surface area contributed by atoms with Crippen LogP contribution in [0.25, 0.3) is 0 Å². The molecule has 1 atom stereocenters. The second kappa shape index (κ2) is 6.30. The fourth-order valence-corrected chi connectivity index (χ4v) is 3.52. The molecule has 1 fully saturated rings. The molecule has 0 bridgehead atoms. The van der Waals surface area contributed by atoms with E-state index in [1.807, 2.05) is 23.4 Å². The maximum Gasteiger partial charge on any atom is 0.257 e. The second-order valence-corrected chi connectivity index (χ2v) is 6.39. The lowest BCUT2D eigenvalue weighted by molar-refractivity contribution is 0.0671. The van der Waals surface area contributed by atoms with E-state index in [0.717, 1.165) is 43.1 Å². The summed E-state index contributed by atoms with van der Waals surface area (Å²) >= 11 is 1.69. The van der Waals surface area contributed by atoms with Crippen molar-refractivity contribution in [3.63, 3.8) is 0 Å². The van der Waals surface area contributed by atoms with Crippen LogP contribution in [-0.2, 0) is 6.42 Å². The van der Waals surface area contributed by atoms with Crippen LogP contribution in [0.15, 0.2) is 24.1 Å². The number of likely N-dealkylation sites (tertiary alicyclic amines) is 1. The molecule has 5 nitrogen and oxygen atoms in total. The van der Waals surface area contributed by atoms with Crippen molar-refractivity contribution in [2.24, 2.45) is 5.92 Å². The fraction of sp³-hybridized carbons (Fsp3) is 0.467. The summed E-state index contributed by atoms with van der Waals surface area (Å²) < 4.78 is 0. The van der Waals surface area contributed by atoms with Crippen LogP contribution >= 0.6 is 11.3 Å². The lowest BCUT2D eigenvalue weighted by Gasteiger charge is -2.32. The summed E-state index contributed by atoms with van der Waals surface area (Å²) in [6.07, 6.45) is 8.12. The molecule has 0 N–H and O–H groups in total. The number of piperidine rings is 1. The number of nitrogens with zero attached hydrogens (tertiary/aromatic N) is 4. The van der Waals surface area contributed by atoms with Gasteiger partial charge in [-0.3, -0.25) is 4.79 Å². The van der Waals surface area contributed by atoms with E-state index in [4.69, 9.17) is 0 Å². The molecule has 0 unspecified atom stereocenters. The van der Waals surface area contributed by atoms with E-state index in [1.165, 1.54) is 6.33 Å². The molecule has 2 aromatic heterocycles. The fourth-order valence-electron chi connectivity index (χ4n) is 2.79. The summed E-state index contributed by atoms with van der Waals surface area (Å²) in [7, 11) is 0. The number of carbonyl (C=O) groups excluding carboxylic acids is 1. The van der Waals surface area contributed by atoms with Crippen molar-refractivity contribution >= 4 is 17.2 Å². The van der Waals surface area contributed by atoms with E-state index in [0.29, 0.717) is 11.5 Å². The number of amides is 1. The lowest BCUT2D eigenvalue weighted by Crippen LogP contribution is -2.40. The predicted molar refractivity (Wildman–Crippen MR) is 81.2 cm³/mol. The summed E-state index contributed by atoms with van der Waals surface area (Å²) in [5, 5.41) is 3.17. The van der Waals surface area contributed by atoms with Crippen LogP contribution in [0.1, 0.15) is 33.9 Å². The quantitative estimate of drug-likeness (QED) is 0.873. The summed E-state index contributed by atoms with van der Waals surface area (Å²) in [4.78, 5) is 27.0. The van der Waals surface area contributed by atoms with Crippen molar-refractivity contribution in [1.82, 2.24) is 19.9 Å². The van der Waals surface area contributed by atoms with E-state index < -0.39 is 0 Å². The Morgan fingerprint density at radius 2 is 2.38 bits per heavy atom. The first kappa shape index (κ1) is 14.1. The zero-order valence-electron chi connectivity index (χ0n) is 12.0. The van der Waals surface area contributed by atoms with Crippen LogP contribution in [-0.4, -0.2) is 38.8 Å². The Kier molecular flexibility index (Phi) is 4.24. The molecule has 3 rings (SSSR count). The second-order valence-electron chi connectivity index (χ2n) is 5.41. The summed E-state index contributed by atoms with van der Waals surface area (Å²) in [6.45, 7) is 3.47. The molecular weight excluding hydrogens is 284 g/mol. The third kappa shape index (κ3) is 3.26. The minimum Gasteiger partial charge on any atom is -0.338 e. The molecule has 6 heteroatoms. The molecule has 1 aliphatic rings. The SMILES string of the molecule is Cc1ncncc1C(=O)N1CCC[C@H](Cc2nccs2)C1. The van der Waals surface area contributed by atoms with E-state index >= 15 is 0 Å². The zero-order valence-corrected chi connectivity index (χ0v) is 12.8. The van der Waals surface area contributed by atoms with Gasteiger partial charge < -0.3 is 4.90 Å². The molecule has 0 aliphatic carbocycles. The number of thiazole rings is 1. The summed E-state index contributed by atoms with van der Waals surface area (Å²) in [5.41, 5.74) is 1.37. The predicted octanol–water partition coefficient (Wildman–Crippen LogP) is 2.34. The Labute approximate surface area is 128 Å². The molecule has 0 spiro atoms. The van der Waals surface area contributed by atoms with Crippen molar-refractivity contribution in [2.45, 2.75) is 26.2 Å². The molecule has 0 saturated carbocycles. The molecular formula is C15H18N4OS. The average molecular weight is 302 g/mol. The summed E-state index contributed by atoms with van der Waals surface area (Å²) in [5.74, 6) is 0.552. The molecule has 0 aromatic carbocycles. The van der Waals surface area contributed by atoms with E-state index in [1.54, 1.807) is 17.5 Å². The highest BCUT2D eigenvalue weighted by atomic mass is 32.1. The molecule has 0 radical (unpaired) electrons. The van der Waals surface area contributed by atoms with Gasteiger partial charge in [0.25, 0.3) is 5.91 Å². The van der Waals surface area contributed by atoms with Gasteiger partial charge in [-0.1, -0.05) is 0 Å².